The molecule has 0 radical (unpaired) electrons. The number of carbonyl (C=O) groups excluding carboxylic acids is 1. The molecule has 0 bridgehead atoms. The zero-order valence-electron chi connectivity index (χ0n) is 8.36. The van der Waals surface area contributed by atoms with Crippen molar-refractivity contribution in [3.63, 3.8) is 0 Å². The van der Waals surface area contributed by atoms with Crippen LogP contribution in [0.2, 0.25) is 0 Å². The minimum absolute atomic E-state index is 0.0644. The molecule has 2 saturated heterocycles. The number of methoxy groups -OCH3 is 1. The molecule has 5 heteroatoms. The first-order valence-electron chi connectivity index (χ1n) is 4.93. The maximum Gasteiger partial charge on any atom is 0.249 e. The maximum absolute atomic E-state index is 11.7. The summed E-state index contributed by atoms with van der Waals surface area (Å²) in [7, 11) is 1.54. The van der Waals surface area contributed by atoms with E-state index >= 15 is 0 Å². The first-order valence-corrected chi connectivity index (χ1v) is 4.93. The predicted octanol–water partition coefficient (Wildman–Crippen LogP) is -1.17. The molecule has 2 rings (SSSR count). The summed E-state index contributed by atoms with van der Waals surface area (Å²) in [5, 5.41) is 3.23. The van der Waals surface area contributed by atoms with E-state index in [1.54, 1.807) is 7.11 Å². The second kappa shape index (κ2) is 4.25. The Hall–Kier alpha value is -0.650. The summed E-state index contributed by atoms with van der Waals surface area (Å²) in [5.41, 5.74) is 0. The average Bonchev–Trinajstić information content (AvgIpc) is 2.65. The Morgan fingerprint density at radius 2 is 2.50 bits per heavy atom. The molecule has 2 aliphatic heterocycles. The number of fused-ring (bicyclic) bond motifs is 1. The lowest BCUT2D eigenvalue weighted by molar-refractivity contribution is -0.146. The van der Waals surface area contributed by atoms with Gasteiger partial charge in [0, 0.05) is 26.7 Å². The Morgan fingerprint density at radius 1 is 1.64 bits per heavy atom. The van der Waals surface area contributed by atoms with Gasteiger partial charge in [-0.1, -0.05) is 0 Å². The summed E-state index contributed by atoms with van der Waals surface area (Å²) < 4.78 is 10.4. The van der Waals surface area contributed by atoms with Gasteiger partial charge < -0.3 is 19.7 Å². The molecule has 2 aliphatic rings. The van der Waals surface area contributed by atoms with Gasteiger partial charge in [0.2, 0.25) is 5.91 Å². The summed E-state index contributed by atoms with van der Waals surface area (Å²) >= 11 is 0. The minimum atomic E-state index is 0.0644. The number of nitrogens with zero attached hydrogens (tertiary/aromatic N) is 1. The molecule has 0 saturated carbocycles. The van der Waals surface area contributed by atoms with E-state index in [0.29, 0.717) is 13.2 Å². The van der Waals surface area contributed by atoms with Gasteiger partial charge in [0.25, 0.3) is 0 Å². The molecule has 0 unspecified atom stereocenters. The van der Waals surface area contributed by atoms with E-state index in [1.165, 1.54) is 0 Å². The Kier molecular flexibility index (Phi) is 3.00. The van der Waals surface area contributed by atoms with Crippen LogP contribution in [0.25, 0.3) is 0 Å². The highest BCUT2D eigenvalue weighted by atomic mass is 16.5. The van der Waals surface area contributed by atoms with Crippen LogP contribution < -0.4 is 5.32 Å². The molecule has 2 atom stereocenters. The van der Waals surface area contributed by atoms with Crippen molar-refractivity contribution in [3.8, 4) is 0 Å². The summed E-state index contributed by atoms with van der Waals surface area (Å²) in [6.07, 6.45) is 0.171. The Morgan fingerprint density at radius 3 is 3.29 bits per heavy atom. The first-order chi connectivity index (χ1) is 6.83. The van der Waals surface area contributed by atoms with E-state index in [0.717, 1.165) is 13.1 Å². The van der Waals surface area contributed by atoms with Gasteiger partial charge in [0.1, 0.15) is 6.61 Å². The molecule has 2 fully saturated rings. The molecule has 1 N–H and O–H groups in total. The molecule has 14 heavy (non-hydrogen) atoms. The molecule has 80 valence electrons. The third-order valence-electron chi connectivity index (χ3n) is 2.78. The number of carbonyl (C=O) groups is 1. The van der Waals surface area contributed by atoms with E-state index in [9.17, 15) is 4.79 Å². The van der Waals surface area contributed by atoms with Gasteiger partial charge in [-0.2, -0.15) is 0 Å². The number of nitrogens with one attached hydrogen (secondary N) is 1. The molecule has 1 amide bonds. The van der Waals surface area contributed by atoms with Crippen LogP contribution in [-0.2, 0) is 14.3 Å². The van der Waals surface area contributed by atoms with E-state index in [-0.39, 0.29) is 24.7 Å². The number of ether oxygens (including phenoxy) is 2. The van der Waals surface area contributed by atoms with Crippen LogP contribution in [0.4, 0.5) is 0 Å². The summed E-state index contributed by atoms with van der Waals surface area (Å²) in [4.78, 5) is 13.5. The van der Waals surface area contributed by atoms with Gasteiger partial charge in [0.15, 0.2) is 0 Å². The summed E-state index contributed by atoms with van der Waals surface area (Å²) in [6.45, 7) is 3.17. The molecule has 0 aromatic heterocycles. The molecule has 5 nitrogen and oxygen atoms in total. The van der Waals surface area contributed by atoms with Crippen molar-refractivity contribution < 1.29 is 14.3 Å². The molecule has 0 aliphatic carbocycles. The van der Waals surface area contributed by atoms with Crippen molar-refractivity contribution in [2.75, 3.05) is 40.0 Å². The van der Waals surface area contributed by atoms with E-state index in [2.05, 4.69) is 5.32 Å². The van der Waals surface area contributed by atoms with E-state index in [1.807, 2.05) is 4.90 Å². The quantitative estimate of drug-likeness (QED) is 0.610. The standard InChI is InChI=1S/C9H16N2O3/c1-13-6-9(12)11-2-3-14-8-5-10-4-7(8)11/h7-8,10H,2-6H2,1H3/t7-,8+/m1/s1. The van der Waals surface area contributed by atoms with Gasteiger partial charge in [-0.15, -0.1) is 0 Å². The Bertz CT molecular complexity index is 222. The van der Waals surface area contributed by atoms with Gasteiger partial charge in [-0.3, -0.25) is 4.79 Å². The maximum atomic E-state index is 11.7. The number of rotatable bonds is 2. The third kappa shape index (κ3) is 1.75. The van der Waals surface area contributed by atoms with Crippen LogP contribution in [0, 0.1) is 0 Å². The van der Waals surface area contributed by atoms with Crippen molar-refractivity contribution in [3.05, 3.63) is 0 Å². The molecular formula is C9H16N2O3. The monoisotopic (exact) mass is 200 g/mol. The first kappa shape index (κ1) is 9.89. The van der Waals surface area contributed by atoms with Gasteiger partial charge >= 0.3 is 0 Å². The molecule has 0 aromatic rings. The lowest BCUT2D eigenvalue weighted by Crippen LogP contribution is -2.54. The van der Waals surface area contributed by atoms with Gasteiger partial charge in [-0.25, -0.2) is 0 Å². The third-order valence-corrected chi connectivity index (χ3v) is 2.78. The van der Waals surface area contributed by atoms with Crippen molar-refractivity contribution in [1.29, 1.82) is 0 Å². The molecule has 2 heterocycles. The normalized spacial score (nSPS) is 31.6. The van der Waals surface area contributed by atoms with Crippen LogP contribution >= 0.6 is 0 Å². The second-order valence-electron chi connectivity index (χ2n) is 3.65. The van der Waals surface area contributed by atoms with Crippen molar-refractivity contribution in [2.45, 2.75) is 12.1 Å². The number of hydrogen-bond acceptors (Lipinski definition) is 4. The number of hydrogen-bond donors (Lipinski definition) is 1. The summed E-state index contributed by atoms with van der Waals surface area (Å²) in [6, 6.07) is 0.200. The predicted molar refractivity (Wildman–Crippen MR) is 50.0 cm³/mol. The number of morpholine rings is 1. The lowest BCUT2D eigenvalue weighted by Gasteiger charge is -2.36. The fourth-order valence-electron chi connectivity index (χ4n) is 2.11. The summed E-state index contributed by atoms with van der Waals surface area (Å²) in [5.74, 6) is 0.0644. The minimum Gasteiger partial charge on any atom is -0.375 e. The molecule has 0 spiro atoms. The topological polar surface area (TPSA) is 50.8 Å². The lowest BCUT2D eigenvalue weighted by atomic mass is 10.1. The van der Waals surface area contributed by atoms with Crippen LogP contribution in [-0.4, -0.2) is 62.9 Å². The zero-order chi connectivity index (χ0) is 9.97. The Labute approximate surface area is 83.3 Å². The van der Waals surface area contributed by atoms with Crippen LogP contribution in [0.3, 0.4) is 0 Å². The zero-order valence-corrected chi connectivity index (χ0v) is 8.36. The van der Waals surface area contributed by atoms with Crippen LogP contribution in [0.15, 0.2) is 0 Å². The average molecular weight is 200 g/mol. The molecular weight excluding hydrogens is 184 g/mol. The Balaban J connectivity index is 1.99. The second-order valence-corrected chi connectivity index (χ2v) is 3.65. The SMILES string of the molecule is COCC(=O)N1CCO[C@H]2CNC[C@H]21. The van der Waals surface area contributed by atoms with Gasteiger partial charge in [-0.05, 0) is 0 Å². The fraction of sp³-hybridized carbons (Fsp3) is 0.889. The highest BCUT2D eigenvalue weighted by Crippen LogP contribution is 2.17. The highest BCUT2D eigenvalue weighted by Gasteiger charge is 2.38. The van der Waals surface area contributed by atoms with Crippen molar-refractivity contribution in [1.82, 2.24) is 10.2 Å². The van der Waals surface area contributed by atoms with Crippen molar-refractivity contribution in [2.24, 2.45) is 0 Å². The van der Waals surface area contributed by atoms with Crippen LogP contribution in [0.1, 0.15) is 0 Å². The molecule has 0 aromatic carbocycles. The van der Waals surface area contributed by atoms with E-state index < -0.39 is 0 Å². The highest BCUT2D eigenvalue weighted by molar-refractivity contribution is 5.78. The fourth-order valence-corrected chi connectivity index (χ4v) is 2.11. The van der Waals surface area contributed by atoms with Crippen LogP contribution in [0.5, 0.6) is 0 Å². The smallest absolute Gasteiger partial charge is 0.249 e. The van der Waals surface area contributed by atoms with Gasteiger partial charge in [0.05, 0.1) is 18.8 Å². The van der Waals surface area contributed by atoms with E-state index in [4.69, 9.17) is 9.47 Å². The van der Waals surface area contributed by atoms with Crippen molar-refractivity contribution >= 4 is 5.91 Å². The number of amides is 1. The largest absolute Gasteiger partial charge is 0.375 e.